The molecule has 0 aliphatic heterocycles. The first-order valence-corrected chi connectivity index (χ1v) is 21.7. The van der Waals surface area contributed by atoms with Crippen LogP contribution in [-0.2, 0) is 5.41 Å². The van der Waals surface area contributed by atoms with Crippen molar-refractivity contribution in [2.75, 3.05) is 0 Å². The van der Waals surface area contributed by atoms with Crippen LogP contribution >= 0.6 is 0 Å². The second kappa shape index (κ2) is 15.1. The second-order valence-corrected chi connectivity index (χ2v) is 16.4. The van der Waals surface area contributed by atoms with E-state index in [-0.39, 0.29) is 0 Å². The van der Waals surface area contributed by atoms with Gasteiger partial charge in [-0.2, -0.15) is 0 Å². The van der Waals surface area contributed by atoms with Crippen LogP contribution in [0.15, 0.2) is 243 Å². The summed E-state index contributed by atoms with van der Waals surface area (Å²) in [6.07, 6.45) is 0. The Morgan fingerprint density at radius 1 is 0.302 bits per heavy atom. The molecule has 0 amide bonds. The molecule has 294 valence electrons. The molecule has 0 atom stereocenters. The SMILES string of the molecule is c1ccc(-c2cccc(-c3cc(-c4ccc(-c5cccc6c5C(c5ccccc5)(c5ccccc5)c5ccc7ccccc7c5-6)c5ccccc45)nc(-c4ccccc4)n3)c2)cc1. The van der Waals surface area contributed by atoms with Gasteiger partial charge in [0.05, 0.1) is 16.8 Å². The lowest BCUT2D eigenvalue weighted by Crippen LogP contribution is -2.29. The number of nitrogens with zero attached hydrogens (tertiary/aromatic N) is 2. The van der Waals surface area contributed by atoms with Gasteiger partial charge in [-0.05, 0) is 89.3 Å². The van der Waals surface area contributed by atoms with E-state index in [0.717, 1.165) is 39.0 Å². The Balaban J connectivity index is 1.11. The third-order valence-corrected chi connectivity index (χ3v) is 13.0. The Hall–Kier alpha value is -8.20. The fraction of sp³-hybridized carbons (Fsp3) is 0.0164. The first-order valence-electron chi connectivity index (χ1n) is 21.7. The van der Waals surface area contributed by atoms with Crippen LogP contribution in [0.2, 0.25) is 0 Å². The van der Waals surface area contributed by atoms with Gasteiger partial charge in [-0.15, -0.1) is 0 Å². The van der Waals surface area contributed by atoms with E-state index in [1.165, 1.54) is 66.2 Å². The average molecular weight is 801 g/mol. The Morgan fingerprint density at radius 3 is 1.54 bits per heavy atom. The van der Waals surface area contributed by atoms with Gasteiger partial charge < -0.3 is 0 Å². The zero-order valence-corrected chi connectivity index (χ0v) is 34.5. The minimum atomic E-state index is -0.575. The van der Waals surface area contributed by atoms with Crippen LogP contribution in [-0.4, -0.2) is 9.97 Å². The van der Waals surface area contributed by atoms with E-state index < -0.39 is 5.41 Å². The smallest absolute Gasteiger partial charge is 0.160 e. The molecular formula is C61H40N2. The molecule has 1 aromatic heterocycles. The third-order valence-electron chi connectivity index (χ3n) is 13.0. The molecule has 1 heterocycles. The van der Waals surface area contributed by atoms with E-state index >= 15 is 0 Å². The molecule has 1 aliphatic carbocycles. The van der Waals surface area contributed by atoms with Crippen LogP contribution in [0, 0.1) is 0 Å². The van der Waals surface area contributed by atoms with Crippen molar-refractivity contribution in [2.45, 2.75) is 5.41 Å². The molecule has 0 N–H and O–H groups in total. The average Bonchev–Trinajstić information content (AvgIpc) is 3.69. The predicted octanol–water partition coefficient (Wildman–Crippen LogP) is 15.5. The first kappa shape index (κ1) is 36.6. The lowest BCUT2D eigenvalue weighted by atomic mass is 9.66. The Labute approximate surface area is 367 Å². The Morgan fingerprint density at radius 2 is 0.825 bits per heavy atom. The highest BCUT2D eigenvalue weighted by molar-refractivity contribution is 6.10. The van der Waals surface area contributed by atoms with Gasteiger partial charge in [-0.1, -0.05) is 231 Å². The standard InChI is InChI=1S/C61H40N2/c1-5-19-41(20-6-1)44-24-17-25-45(39-44)56-40-57(63-60(62-56)43-22-7-2-8-23-43)52-37-36-51(49-31-15-16-32-50(49)52)53-33-18-34-54-58-48-30-14-13-21-42(48)35-38-55(58)61(59(53)54,46-26-9-3-10-27-46)47-28-11-4-12-29-47/h1-40H. The zero-order chi connectivity index (χ0) is 41.7. The summed E-state index contributed by atoms with van der Waals surface area (Å²) >= 11 is 0. The van der Waals surface area contributed by atoms with Crippen molar-refractivity contribution in [1.82, 2.24) is 9.97 Å². The van der Waals surface area contributed by atoms with Gasteiger partial charge in [0.2, 0.25) is 0 Å². The summed E-state index contributed by atoms with van der Waals surface area (Å²) in [4.78, 5) is 10.6. The summed E-state index contributed by atoms with van der Waals surface area (Å²) in [6, 6.07) is 87.8. The number of aromatic nitrogens is 2. The van der Waals surface area contributed by atoms with Gasteiger partial charge >= 0.3 is 0 Å². The molecular weight excluding hydrogens is 761 g/mol. The number of fused-ring (bicyclic) bond motifs is 6. The second-order valence-electron chi connectivity index (χ2n) is 16.4. The summed E-state index contributed by atoms with van der Waals surface area (Å²) < 4.78 is 0. The van der Waals surface area contributed by atoms with Crippen molar-refractivity contribution in [3.8, 4) is 67.3 Å². The maximum absolute atomic E-state index is 5.34. The largest absolute Gasteiger partial charge is 0.228 e. The minimum Gasteiger partial charge on any atom is -0.228 e. The number of benzene rings is 10. The highest BCUT2D eigenvalue weighted by Gasteiger charge is 2.48. The molecule has 0 radical (unpaired) electrons. The van der Waals surface area contributed by atoms with Crippen LogP contribution in [0.25, 0.3) is 88.8 Å². The minimum absolute atomic E-state index is 0.575. The summed E-state index contributed by atoms with van der Waals surface area (Å²) in [5, 5.41) is 4.82. The molecule has 63 heavy (non-hydrogen) atoms. The Bertz CT molecular complexity index is 3450. The molecule has 11 aromatic rings. The molecule has 0 spiro atoms. The van der Waals surface area contributed by atoms with Gasteiger partial charge in [0.25, 0.3) is 0 Å². The Kier molecular flexibility index (Phi) is 8.76. The van der Waals surface area contributed by atoms with E-state index in [4.69, 9.17) is 9.97 Å². The van der Waals surface area contributed by atoms with Gasteiger partial charge in [0.15, 0.2) is 5.82 Å². The quantitative estimate of drug-likeness (QED) is 0.160. The molecule has 0 unspecified atom stereocenters. The van der Waals surface area contributed by atoms with Crippen LogP contribution in [0.3, 0.4) is 0 Å². The highest BCUT2D eigenvalue weighted by Crippen LogP contribution is 2.60. The van der Waals surface area contributed by atoms with E-state index in [2.05, 4.69) is 237 Å². The van der Waals surface area contributed by atoms with Crippen molar-refractivity contribution >= 4 is 21.5 Å². The predicted molar refractivity (Wildman–Crippen MR) is 262 cm³/mol. The van der Waals surface area contributed by atoms with Gasteiger partial charge in [-0.3, -0.25) is 0 Å². The number of hydrogen-bond acceptors (Lipinski definition) is 2. The van der Waals surface area contributed by atoms with Crippen LogP contribution in [0.4, 0.5) is 0 Å². The summed E-state index contributed by atoms with van der Waals surface area (Å²) in [6.45, 7) is 0. The maximum atomic E-state index is 5.34. The van der Waals surface area contributed by atoms with Crippen molar-refractivity contribution in [3.05, 3.63) is 265 Å². The van der Waals surface area contributed by atoms with E-state index in [9.17, 15) is 0 Å². The lowest BCUT2D eigenvalue weighted by Gasteiger charge is -2.35. The number of hydrogen-bond donors (Lipinski definition) is 0. The van der Waals surface area contributed by atoms with E-state index in [1.54, 1.807) is 0 Å². The third kappa shape index (κ3) is 5.95. The molecule has 1 aliphatic rings. The maximum Gasteiger partial charge on any atom is 0.160 e. The molecule has 0 saturated carbocycles. The van der Waals surface area contributed by atoms with Crippen molar-refractivity contribution in [2.24, 2.45) is 0 Å². The summed E-state index contributed by atoms with van der Waals surface area (Å²) in [7, 11) is 0. The van der Waals surface area contributed by atoms with Crippen LogP contribution < -0.4 is 0 Å². The first-order chi connectivity index (χ1) is 31.3. The molecule has 0 bridgehead atoms. The molecule has 0 saturated heterocycles. The van der Waals surface area contributed by atoms with Crippen LogP contribution in [0.5, 0.6) is 0 Å². The zero-order valence-electron chi connectivity index (χ0n) is 34.5. The molecule has 12 rings (SSSR count). The van der Waals surface area contributed by atoms with Crippen LogP contribution in [0.1, 0.15) is 22.3 Å². The van der Waals surface area contributed by atoms with Crippen molar-refractivity contribution < 1.29 is 0 Å². The molecule has 2 heteroatoms. The molecule has 2 nitrogen and oxygen atoms in total. The molecule has 0 fully saturated rings. The van der Waals surface area contributed by atoms with Crippen molar-refractivity contribution in [1.29, 1.82) is 0 Å². The fourth-order valence-corrected chi connectivity index (χ4v) is 10.2. The van der Waals surface area contributed by atoms with E-state index in [0.29, 0.717) is 5.82 Å². The fourth-order valence-electron chi connectivity index (χ4n) is 10.2. The summed E-state index contributed by atoms with van der Waals surface area (Å²) in [5.74, 6) is 0.697. The normalized spacial score (nSPS) is 12.6. The highest BCUT2D eigenvalue weighted by atomic mass is 14.9. The number of rotatable bonds is 7. The topological polar surface area (TPSA) is 25.8 Å². The monoisotopic (exact) mass is 800 g/mol. The summed E-state index contributed by atoms with van der Waals surface area (Å²) in [5.41, 5.74) is 16.7. The van der Waals surface area contributed by atoms with Gasteiger partial charge in [0, 0.05) is 16.7 Å². The van der Waals surface area contributed by atoms with Crippen molar-refractivity contribution in [3.63, 3.8) is 0 Å². The lowest BCUT2D eigenvalue weighted by molar-refractivity contribution is 0.771. The van der Waals surface area contributed by atoms with E-state index in [1.807, 2.05) is 6.07 Å². The van der Waals surface area contributed by atoms with Gasteiger partial charge in [0.1, 0.15) is 0 Å². The van der Waals surface area contributed by atoms with Gasteiger partial charge in [-0.25, -0.2) is 9.97 Å². The molecule has 10 aromatic carbocycles.